The molecule has 0 amide bonds. The number of aryl methyl sites for hydroxylation is 1. The summed E-state index contributed by atoms with van der Waals surface area (Å²) in [5.74, 6) is 0.293. The molecule has 0 atom stereocenters. The Morgan fingerprint density at radius 3 is 2.85 bits per heavy atom. The van der Waals surface area contributed by atoms with Crippen LogP contribution in [0.3, 0.4) is 0 Å². The fraction of sp³-hybridized carbons (Fsp3) is 0.182. The maximum Gasteiger partial charge on any atom is 0.137 e. The zero-order chi connectivity index (χ0) is 9.26. The molecule has 13 heavy (non-hydrogen) atoms. The highest BCUT2D eigenvalue weighted by Gasteiger charge is 2.02. The molecule has 0 radical (unpaired) electrons. The Morgan fingerprint density at radius 1 is 1.31 bits per heavy atom. The van der Waals surface area contributed by atoms with Gasteiger partial charge >= 0.3 is 0 Å². The molecule has 2 nitrogen and oxygen atoms in total. The van der Waals surface area contributed by atoms with Crippen LogP contribution >= 0.6 is 0 Å². The lowest BCUT2D eigenvalue weighted by atomic mass is 10.1. The largest absolute Gasteiger partial charge is 0.506 e. The van der Waals surface area contributed by atoms with Gasteiger partial charge in [0.15, 0.2) is 0 Å². The summed E-state index contributed by atoms with van der Waals surface area (Å²) in [6.45, 7) is 1.98. The molecule has 1 aromatic heterocycles. The standard InChI is InChI=1S/C11H11NO/c1-2-9-11(13)7-8-5-3-4-6-10(8)12-9/h3-7,13H,2H2,1H3. The summed E-state index contributed by atoms with van der Waals surface area (Å²) in [7, 11) is 0. The number of pyridine rings is 1. The minimum atomic E-state index is 0.293. The first kappa shape index (κ1) is 8.05. The summed E-state index contributed by atoms with van der Waals surface area (Å²) in [6.07, 6.45) is 0.761. The van der Waals surface area contributed by atoms with Crippen molar-refractivity contribution >= 4 is 10.9 Å². The van der Waals surface area contributed by atoms with Gasteiger partial charge in [-0.2, -0.15) is 0 Å². The molecule has 0 saturated heterocycles. The molecule has 1 N–H and O–H groups in total. The Bertz CT molecular complexity index is 437. The molecule has 1 heterocycles. The average molecular weight is 173 g/mol. The van der Waals surface area contributed by atoms with Crippen molar-refractivity contribution in [2.75, 3.05) is 0 Å². The Morgan fingerprint density at radius 2 is 2.08 bits per heavy atom. The molecule has 1 aromatic carbocycles. The normalized spacial score (nSPS) is 10.5. The topological polar surface area (TPSA) is 33.1 Å². The quantitative estimate of drug-likeness (QED) is 0.718. The number of nitrogens with zero attached hydrogens (tertiary/aromatic N) is 1. The van der Waals surface area contributed by atoms with Gasteiger partial charge in [-0.05, 0) is 18.6 Å². The van der Waals surface area contributed by atoms with Gasteiger partial charge in [0.2, 0.25) is 0 Å². The van der Waals surface area contributed by atoms with Crippen molar-refractivity contribution in [1.82, 2.24) is 4.98 Å². The summed E-state index contributed by atoms with van der Waals surface area (Å²) in [4.78, 5) is 4.34. The van der Waals surface area contributed by atoms with Crippen LogP contribution in [0.1, 0.15) is 12.6 Å². The number of aromatic nitrogens is 1. The highest BCUT2D eigenvalue weighted by Crippen LogP contribution is 2.21. The summed E-state index contributed by atoms with van der Waals surface area (Å²) >= 11 is 0. The fourth-order valence-electron chi connectivity index (χ4n) is 1.40. The molecule has 2 aromatic rings. The number of aromatic hydroxyl groups is 1. The predicted molar refractivity (Wildman–Crippen MR) is 52.8 cm³/mol. The number of hydrogen-bond donors (Lipinski definition) is 1. The third-order valence-corrected chi connectivity index (χ3v) is 2.11. The van der Waals surface area contributed by atoms with Gasteiger partial charge in [0.25, 0.3) is 0 Å². The second-order valence-corrected chi connectivity index (χ2v) is 3.00. The SMILES string of the molecule is CCc1nc2ccccc2cc1O. The molecular formula is C11H11NO. The highest BCUT2D eigenvalue weighted by atomic mass is 16.3. The minimum absolute atomic E-state index is 0.293. The lowest BCUT2D eigenvalue weighted by Gasteiger charge is -2.02. The van der Waals surface area contributed by atoms with Gasteiger partial charge in [-0.1, -0.05) is 25.1 Å². The van der Waals surface area contributed by atoms with Gasteiger partial charge in [0, 0.05) is 5.39 Å². The number of fused-ring (bicyclic) bond motifs is 1. The molecule has 66 valence electrons. The van der Waals surface area contributed by atoms with E-state index in [-0.39, 0.29) is 0 Å². The van der Waals surface area contributed by atoms with Crippen molar-refractivity contribution in [2.45, 2.75) is 13.3 Å². The lowest BCUT2D eigenvalue weighted by Crippen LogP contribution is -1.88. The van der Waals surface area contributed by atoms with Crippen LogP contribution in [0.4, 0.5) is 0 Å². The van der Waals surface area contributed by atoms with E-state index in [4.69, 9.17) is 0 Å². The third kappa shape index (κ3) is 1.35. The third-order valence-electron chi connectivity index (χ3n) is 2.11. The van der Waals surface area contributed by atoms with Gasteiger partial charge < -0.3 is 5.11 Å². The molecule has 0 saturated carbocycles. The first-order valence-electron chi connectivity index (χ1n) is 4.39. The molecule has 0 aliphatic heterocycles. The van der Waals surface area contributed by atoms with Crippen molar-refractivity contribution in [1.29, 1.82) is 0 Å². The summed E-state index contributed by atoms with van der Waals surface area (Å²) in [6, 6.07) is 9.55. The highest BCUT2D eigenvalue weighted by molar-refractivity contribution is 5.80. The Hall–Kier alpha value is -1.57. The molecule has 0 aliphatic rings. The van der Waals surface area contributed by atoms with E-state index in [0.29, 0.717) is 5.75 Å². The van der Waals surface area contributed by atoms with Crippen LogP contribution in [0, 0.1) is 0 Å². The summed E-state index contributed by atoms with van der Waals surface area (Å²) in [5, 5.41) is 10.5. The summed E-state index contributed by atoms with van der Waals surface area (Å²) < 4.78 is 0. The second-order valence-electron chi connectivity index (χ2n) is 3.00. The molecule has 0 fully saturated rings. The van der Waals surface area contributed by atoms with Crippen LogP contribution in [-0.2, 0) is 6.42 Å². The number of para-hydroxylation sites is 1. The van der Waals surface area contributed by atoms with Crippen LogP contribution < -0.4 is 0 Å². The molecular weight excluding hydrogens is 162 g/mol. The van der Waals surface area contributed by atoms with Crippen molar-refractivity contribution in [2.24, 2.45) is 0 Å². The number of benzene rings is 1. The van der Waals surface area contributed by atoms with Crippen LogP contribution in [0.2, 0.25) is 0 Å². The first-order valence-corrected chi connectivity index (χ1v) is 4.39. The maximum absolute atomic E-state index is 9.55. The number of hydrogen-bond acceptors (Lipinski definition) is 2. The predicted octanol–water partition coefficient (Wildman–Crippen LogP) is 2.50. The Labute approximate surface area is 76.9 Å². The Kier molecular flexibility index (Phi) is 1.89. The lowest BCUT2D eigenvalue weighted by molar-refractivity contribution is 0.466. The molecule has 0 unspecified atom stereocenters. The Balaban J connectivity index is 2.74. The second kappa shape index (κ2) is 3.05. The van der Waals surface area contributed by atoms with Gasteiger partial charge in [-0.25, -0.2) is 4.98 Å². The summed E-state index contributed by atoms with van der Waals surface area (Å²) in [5.41, 5.74) is 1.70. The van der Waals surface area contributed by atoms with Gasteiger partial charge in [0.05, 0.1) is 11.2 Å². The van der Waals surface area contributed by atoms with E-state index >= 15 is 0 Å². The fourth-order valence-corrected chi connectivity index (χ4v) is 1.40. The van der Waals surface area contributed by atoms with E-state index in [1.54, 1.807) is 6.07 Å². The number of rotatable bonds is 1. The zero-order valence-corrected chi connectivity index (χ0v) is 7.49. The van der Waals surface area contributed by atoms with Gasteiger partial charge in [0.1, 0.15) is 5.75 Å². The first-order chi connectivity index (χ1) is 6.31. The van der Waals surface area contributed by atoms with Crippen molar-refractivity contribution < 1.29 is 5.11 Å². The van der Waals surface area contributed by atoms with E-state index in [2.05, 4.69) is 4.98 Å². The van der Waals surface area contributed by atoms with Crippen LogP contribution in [0.15, 0.2) is 30.3 Å². The monoisotopic (exact) mass is 173 g/mol. The van der Waals surface area contributed by atoms with E-state index < -0.39 is 0 Å². The maximum atomic E-state index is 9.55. The average Bonchev–Trinajstić information content (AvgIpc) is 2.17. The van der Waals surface area contributed by atoms with E-state index in [9.17, 15) is 5.11 Å². The molecule has 2 rings (SSSR count). The molecule has 0 spiro atoms. The smallest absolute Gasteiger partial charge is 0.137 e. The van der Waals surface area contributed by atoms with E-state index in [1.807, 2.05) is 31.2 Å². The van der Waals surface area contributed by atoms with Gasteiger partial charge in [-0.3, -0.25) is 0 Å². The molecule has 0 bridgehead atoms. The molecule has 0 aliphatic carbocycles. The van der Waals surface area contributed by atoms with Gasteiger partial charge in [-0.15, -0.1) is 0 Å². The van der Waals surface area contributed by atoms with Crippen molar-refractivity contribution in [3.05, 3.63) is 36.0 Å². The minimum Gasteiger partial charge on any atom is -0.506 e. The zero-order valence-electron chi connectivity index (χ0n) is 7.49. The van der Waals surface area contributed by atoms with E-state index in [1.165, 1.54) is 0 Å². The van der Waals surface area contributed by atoms with Crippen molar-refractivity contribution in [3.8, 4) is 5.75 Å². The van der Waals surface area contributed by atoms with Crippen LogP contribution in [0.5, 0.6) is 5.75 Å². The van der Waals surface area contributed by atoms with Crippen molar-refractivity contribution in [3.63, 3.8) is 0 Å². The van der Waals surface area contributed by atoms with Crippen LogP contribution in [-0.4, -0.2) is 10.1 Å². The van der Waals surface area contributed by atoms with E-state index in [0.717, 1.165) is 23.0 Å². The van der Waals surface area contributed by atoms with Crippen LogP contribution in [0.25, 0.3) is 10.9 Å². The molecule has 2 heteroatoms.